The number of carbonyl (C=O) groups is 1. The number of methoxy groups -OCH3 is 1. The molecule has 1 aliphatic carbocycles. The molecule has 1 aromatic heterocycles. The zero-order valence-corrected chi connectivity index (χ0v) is 19.5. The highest BCUT2D eigenvalue weighted by atomic mass is 16.5. The van der Waals surface area contributed by atoms with Gasteiger partial charge in [-0.3, -0.25) is 9.89 Å². The lowest BCUT2D eigenvalue weighted by atomic mass is 9.69. The van der Waals surface area contributed by atoms with Crippen LogP contribution < -0.4 is 14.8 Å². The van der Waals surface area contributed by atoms with Crippen LogP contribution in [0.4, 0.5) is 5.82 Å². The van der Waals surface area contributed by atoms with Crippen LogP contribution in [-0.2, 0) is 11.2 Å². The Morgan fingerprint density at radius 3 is 2.64 bits per heavy atom. The fourth-order valence-electron chi connectivity index (χ4n) is 4.17. The van der Waals surface area contributed by atoms with Crippen molar-refractivity contribution in [3.8, 4) is 11.5 Å². The van der Waals surface area contributed by atoms with Gasteiger partial charge in [-0.2, -0.15) is 5.10 Å². The molecule has 0 aliphatic heterocycles. The van der Waals surface area contributed by atoms with Crippen LogP contribution in [0.5, 0.6) is 11.5 Å². The monoisotopic (exact) mass is 448 g/mol. The summed E-state index contributed by atoms with van der Waals surface area (Å²) in [6.45, 7) is 1.57. The first kappa shape index (κ1) is 22.9. The minimum atomic E-state index is -0.0656. The van der Waals surface area contributed by atoms with E-state index in [1.54, 1.807) is 7.11 Å². The van der Waals surface area contributed by atoms with E-state index in [-0.39, 0.29) is 5.91 Å². The first-order chi connectivity index (χ1) is 16.0. The zero-order valence-electron chi connectivity index (χ0n) is 19.5. The van der Waals surface area contributed by atoms with E-state index in [0.717, 1.165) is 42.0 Å². The third-order valence-corrected chi connectivity index (χ3v) is 6.17. The first-order valence-electron chi connectivity index (χ1n) is 11.4. The number of nitrogens with one attached hydrogen (secondary N) is 2. The number of rotatable bonds is 10. The van der Waals surface area contributed by atoms with Crippen LogP contribution in [0.3, 0.4) is 0 Å². The smallest absolute Gasteiger partial charge is 0.229 e. The number of carbonyl (C=O) groups excluding carboxylic acids is 1. The summed E-state index contributed by atoms with van der Waals surface area (Å²) in [5.74, 6) is 3.21. The Balaban J connectivity index is 1.31. The number of likely N-dealkylation sites (N-methyl/N-ethyl adjacent to an activating group) is 1. The number of ether oxygens (including phenoxy) is 2. The molecular weight excluding hydrogens is 416 g/mol. The topological polar surface area (TPSA) is 79.5 Å². The van der Waals surface area contributed by atoms with Crippen LogP contribution in [0.25, 0.3) is 0 Å². The highest BCUT2D eigenvalue weighted by molar-refractivity contribution is 5.92. The Bertz CT molecular complexity index is 1060. The Morgan fingerprint density at radius 2 is 1.91 bits per heavy atom. The summed E-state index contributed by atoms with van der Waals surface area (Å²) < 4.78 is 11.1. The number of hydrogen-bond acceptors (Lipinski definition) is 5. The van der Waals surface area contributed by atoms with E-state index in [2.05, 4.69) is 38.6 Å². The van der Waals surface area contributed by atoms with Gasteiger partial charge in [-0.15, -0.1) is 0 Å². The average molecular weight is 449 g/mol. The first-order valence-corrected chi connectivity index (χ1v) is 11.4. The van der Waals surface area contributed by atoms with Gasteiger partial charge in [-0.25, -0.2) is 0 Å². The molecule has 174 valence electrons. The van der Waals surface area contributed by atoms with E-state index < -0.39 is 0 Å². The van der Waals surface area contributed by atoms with Crippen LogP contribution in [0.2, 0.25) is 0 Å². The van der Waals surface area contributed by atoms with Crippen LogP contribution >= 0.6 is 0 Å². The minimum Gasteiger partial charge on any atom is -0.497 e. The lowest BCUT2D eigenvalue weighted by Crippen LogP contribution is -2.22. The number of nitrogens with zero attached hydrogens (tertiary/aromatic N) is 2. The average Bonchev–Trinajstić information content (AvgIpc) is 3.21. The molecule has 0 saturated heterocycles. The van der Waals surface area contributed by atoms with Crippen LogP contribution in [0.1, 0.15) is 41.4 Å². The molecule has 2 aromatic carbocycles. The molecule has 1 amide bonds. The van der Waals surface area contributed by atoms with Crippen molar-refractivity contribution in [3.05, 3.63) is 71.4 Å². The highest BCUT2D eigenvalue weighted by Crippen LogP contribution is 2.49. The van der Waals surface area contributed by atoms with Crippen molar-refractivity contribution in [2.24, 2.45) is 0 Å². The predicted octanol–water partition coefficient (Wildman–Crippen LogP) is 4.20. The second-order valence-corrected chi connectivity index (χ2v) is 8.86. The third kappa shape index (κ3) is 5.93. The standard InChI is InChI=1S/C26H32N4O3/c1-30(2)11-12-33-23-6-4-5-19(16-23)20-14-21(15-20)24-17-27-29-26(24)28-25(31)13-18-7-9-22(32-3)10-8-18/h4-10,16-17,20-21H,11-15H2,1-3H3,(H2,27,28,29,31). The minimum absolute atomic E-state index is 0.0656. The molecule has 2 N–H and O–H groups in total. The lowest BCUT2D eigenvalue weighted by molar-refractivity contribution is -0.115. The fourth-order valence-corrected chi connectivity index (χ4v) is 4.17. The van der Waals surface area contributed by atoms with Gasteiger partial charge in [-0.05, 0) is 74.2 Å². The molecule has 1 saturated carbocycles. The van der Waals surface area contributed by atoms with Crippen LogP contribution in [0.15, 0.2) is 54.7 Å². The fraction of sp³-hybridized carbons (Fsp3) is 0.385. The summed E-state index contributed by atoms with van der Waals surface area (Å²) in [6, 6.07) is 15.9. The van der Waals surface area contributed by atoms with Crippen molar-refractivity contribution >= 4 is 11.7 Å². The third-order valence-electron chi connectivity index (χ3n) is 6.17. The maximum absolute atomic E-state index is 12.6. The molecule has 0 bridgehead atoms. The van der Waals surface area contributed by atoms with Gasteiger partial charge in [0.15, 0.2) is 0 Å². The van der Waals surface area contributed by atoms with E-state index in [4.69, 9.17) is 9.47 Å². The van der Waals surface area contributed by atoms with E-state index in [1.807, 2.05) is 50.6 Å². The Morgan fingerprint density at radius 1 is 1.12 bits per heavy atom. The number of hydrogen-bond donors (Lipinski definition) is 2. The lowest BCUT2D eigenvalue weighted by Gasteiger charge is -2.36. The molecule has 33 heavy (non-hydrogen) atoms. The highest BCUT2D eigenvalue weighted by Gasteiger charge is 2.34. The van der Waals surface area contributed by atoms with E-state index in [0.29, 0.717) is 30.7 Å². The summed E-state index contributed by atoms with van der Waals surface area (Å²) in [7, 11) is 5.71. The number of amides is 1. The van der Waals surface area contributed by atoms with Crippen molar-refractivity contribution in [1.29, 1.82) is 0 Å². The molecule has 7 nitrogen and oxygen atoms in total. The summed E-state index contributed by atoms with van der Waals surface area (Å²) in [5, 5.41) is 10.1. The van der Waals surface area contributed by atoms with Gasteiger partial charge in [0.25, 0.3) is 0 Å². The van der Waals surface area contributed by atoms with Crippen molar-refractivity contribution in [2.45, 2.75) is 31.1 Å². The number of aromatic nitrogens is 2. The summed E-state index contributed by atoms with van der Waals surface area (Å²) in [6.07, 6.45) is 4.20. The normalized spacial score (nSPS) is 17.5. The Hall–Kier alpha value is -3.32. The predicted molar refractivity (Wildman–Crippen MR) is 129 cm³/mol. The number of aromatic amines is 1. The summed E-state index contributed by atoms with van der Waals surface area (Å²) in [5.41, 5.74) is 3.32. The molecule has 3 aromatic rings. The van der Waals surface area contributed by atoms with Crippen LogP contribution in [0, 0.1) is 0 Å². The number of H-pyrrole nitrogens is 1. The van der Waals surface area contributed by atoms with Gasteiger partial charge in [0.2, 0.25) is 5.91 Å². The Kier molecular flexibility index (Phi) is 7.29. The van der Waals surface area contributed by atoms with Gasteiger partial charge in [-0.1, -0.05) is 24.3 Å². The van der Waals surface area contributed by atoms with Gasteiger partial charge in [0.05, 0.1) is 19.7 Å². The molecule has 1 fully saturated rings. The zero-order chi connectivity index (χ0) is 23.2. The van der Waals surface area contributed by atoms with Gasteiger partial charge >= 0.3 is 0 Å². The maximum Gasteiger partial charge on any atom is 0.229 e. The van der Waals surface area contributed by atoms with E-state index >= 15 is 0 Å². The van der Waals surface area contributed by atoms with Gasteiger partial charge in [0, 0.05) is 12.1 Å². The molecule has 0 spiro atoms. The largest absolute Gasteiger partial charge is 0.497 e. The van der Waals surface area contributed by atoms with Crippen molar-refractivity contribution in [1.82, 2.24) is 15.1 Å². The molecule has 1 aliphatic rings. The molecule has 4 rings (SSSR count). The molecule has 0 unspecified atom stereocenters. The summed E-state index contributed by atoms with van der Waals surface area (Å²) in [4.78, 5) is 14.7. The quantitative estimate of drug-likeness (QED) is 0.486. The molecular formula is C26H32N4O3. The van der Waals surface area contributed by atoms with Gasteiger partial charge < -0.3 is 19.7 Å². The second-order valence-electron chi connectivity index (χ2n) is 8.86. The SMILES string of the molecule is COc1ccc(CC(=O)Nc2[nH]ncc2C2CC(c3cccc(OCCN(C)C)c3)C2)cc1. The van der Waals surface area contributed by atoms with Gasteiger partial charge in [0.1, 0.15) is 23.9 Å². The maximum atomic E-state index is 12.6. The van der Waals surface area contributed by atoms with Crippen molar-refractivity contribution < 1.29 is 14.3 Å². The van der Waals surface area contributed by atoms with Crippen LogP contribution in [-0.4, -0.2) is 55.4 Å². The van der Waals surface area contributed by atoms with Crippen molar-refractivity contribution in [2.75, 3.05) is 39.7 Å². The Labute approximate surface area is 195 Å². The second kappa shape index (κ2) is 10.5. The van der Waals surface area contributed by atoms with Crippen molar-refractivity contribution in [3.63, 3.8) is 0 Å². The number of benzene rings is 2. The van der Waals surface area contributed by atoms with E-state index in [1.165, 1.54) is 5.56 Å². The molecule has 0 atom stereocenters. The molecule has 7 heteroatoms. The molecule has 0 radical (unpaired) electrons. The number of anilines is 1. The van der Waals surface area contributed by atoms with E-state index in [9.17, 15) is 4.79 Å². The molecule has 1 heterocycles. The summed E-state index contributed by atoms with van der Waals surface area (Å²) >= 11 is 0.